The maximum Gasteiger partial charge on any atom is 0.174 e. The SMILES string of the molecule is CC12CCC(=O)CC1CCC1C2CCC2(C)C1CCC21OCCO1. The Morgan fingerprint density at radius 2 is 1.67 bits per heavy atom. The van der Waals surface area contributed by atoms with Crippen molar-refractivity contribution in [1.82, 2.24) is 0 Å². The van der Waals surface area contributed by atoms with Crippen LogP contribution in [0.4, 0.5) is 0 Å². The Morgan fingerprint density at radius 1 is 0.917 bits per heavy atom. The van der Waals surface area contributed by atoms with Crippen molar-refractivity contribution in [3.05, 3.63) is 0 Å². The third-order valence-electron chi connectivity index (χ3n) is 9.28. The molecule has 0 aromatic heterocycles. The lowest BCUT2D eigenvalue weighted by Crippen LogP contribution is -2.56. The van der Waals surface area contributed by atoms with E-state index in [9.17, 15) is 4.79 Å². The van der Waals surface area contributed by atoms with Gasteiger partial charge in [0.05, 0.1) is 13.2 Å². The standard InChI is InChI=1S/C21H32O3/c1-19-8-5-15(22)13-14(19)3-4-16-17(19)6-9-20(2)18(16)7-10-21(20)23-11-12-24-21/h14,16-18H,3-13H2,1-2H3. The zero-order chi connectivity index (χ0) is 16.6. The Hall–Kier alpha value is -0.410. The van der Waals surface area contributed by atoms with Gasteiger partial charge in [0, 0.05) is 24.7 Å². The molecule has 6 unspecified atom stereocenters. The van der Waals surface area contributed by atoms with Crippen molar-refractivity contribution in [2.24, 2.45) is 34.5 Å². The van der Waals surface area contributed by atoms with Crippen LogP contribution in [0.5, 0.6) is 0 Å². The highest BCUT2D eigenvalue weighted by Crippen LogP contribution is 2.69. The van der Waals surface area contributed by atoms with Crippen LogP contribution in [0.3, 0.4) is 0 Å². The zero-order valence-electron chi connectivity index (χ0n) is 15.3. The maximum atomic E-state index is 12.0. The summed E-state index contributed by atoms with van der Waals surface area (Å²) >= 11 is 0. The monoisotopic (exact) mass is 332 g/mol. The van der Waals surface area contributed by atoms with E-state index in [-0.39, 0.29) is 11.2 Å². The van der Waals surface area contributed by atoms with Gasteiger partial charge in [-0.15, -0.1) is 0 Å². The third kappa shape index (κ3) is 1.84. The highest BCUT2D eigenvalue weighted by Gasteiger charge is 2.67. The highest BCUT2D eigenvalue weighted by molar-refractivity contribution is 5.79. The first kappa shape index (κ1) is 15.8. The fraction of sp³-hybridized carbons (Fsp3) is 0.952. The van der Waals surface area contributed by atoms with Gasteiger partial charge in [-0.1, -0.05) is 13.8 Å². The van der Waals surface area contributed by atoms with E-state index < -0.39 is 0 Å². The summed E-state index contributed by atoms with van der Waals surface area (Å²) in [6, 6.07) is 0. The first-order chi connectivity index (χ1) is 11.5. The average Bonchev–Trinajstić information content (AvgIpc) is 3.15. The molecular formula is C21H32O3. The minimum Gasteiger partial charge on any atom is -0.347 e. The molecule has 4 aliphatic carbocycles. The summed E-state index contributed by atoms with van der Waals surface area (Å²) in [4.78, 5) is 12.0. The molecule has 1 aliphatic heterocycles. The largest absolute Gasteiger partial charge is 0.347 e. The first-order valence-corrected chi connectivity index (χ1v) is 10.3. The van der Waals surface area contributed by atoms with Crippen molar-refractivity contribution in [2.45, 2.75) is 77.4 Å². The molecule has 4 saturated carbocycles. The van der Waals surface area contributed by atoms with Crippen LogP contribution in [-0.2, 0) is 14.3 Å². The summed E-state index contributed by atoms with van der Waals surface area (Å²) < 4.78 is 12.5. The smallest absolute Gasteiger partial charge is 0.174 e. The number of hydrogen-bond donors (Lipinski definition) is 0. The Bertz CT molecular complexity index is 551. The van der Waals surface area contributed by atoms with Crippen molar-refractivity contribution in [3.63, 3.8) is 0 Å². The van der Waals surface area contributed by atoms with E-state index in [2.05, 4.69) is 13.8 Å². The molecule has 0 radical (unpaired) electrons. The van der Waals surface area contributed by atoms with Gasteiger partial charge in [-0.05, 0) is 67.6 Å². The molecule has 0 aromatic rings. The Morgan fingerprint density at radius 3 is 2.46 bits per heavy atom. The van der Waals surface area contributed by atoms with Crippen molar-refractivity contribution >= 4 is 5.78 Å². The van der Waals surface area contributed by atoms with Gasteiger partial charge in [0.15, 0.2) is 5.79 Å². The minimum absolute atomic E-state index is 0.207. The van der Waals surface area contributed by atoms with E-state index in [1.165, 1.54) is 32.1 Å². The van der Waals surface area contributed by atoms with Gasteiger partial charge in [0.1, 0.15) is 5.78 Å². The molecule has 3 heteroatoms. The fourth-order valence-electron chi connectivity index (χ4n) is 7.93. The first-order valence-electron chi connectivity index (χ1n) is 10.3. The quantitative estimate of drug-likeness (QED) is 0.662. The molecule has 5 rings (SSSR count). The van der Waals surface area contributed by atoms with Crippen molar-refractivity contribution < 1.29 is 14.3 Å². The second-order valence-corrected chi connectivity index (χ2v) is 9.84. The molecule has 5 aliphatic rings. The normalized spacial score (nSPS) is 52.8. The lowest BCUT2D eigenvalue weighted by atomic mass is 9.45. The fourth-order valence-corrected chi connectivity index (χ4v) is 7.93. The Balaban J connectivity index is 1.46. The molecule has 1 heterocycles. The molecule has 0 bridgehead atoms. The van der Waals surface area contributed by atoms with Gasteiger partial charge in [0.2, 0.25) is 0 Å². The summed E-state index contributed by atoms with van der Waals surface area (Å²) in [5.74, 6) is 3.29. The second-order valence-electron chi connectivity index (χ2n) is 9.84. The number of carbonyl (C=O) groups is 1. The van der Waals surface area contributed by atoms with Crippen LogP contribution in [0, 0.1) is 34.5 Å². The van der Waals surface area contributed by atoms with Gasteiger partial charge >= 0.3 is 0 Å². The summed E-state index contributed by atoms with van der Waals surface area (Å²) in [5.41, 5.74) is 0.615. The van der Waals surface area contributed by atoms with Gasteiger partial charge < -0.3 is 9.47 Å². The predicted molar refractivity (Wildman–Crippen MR) is 91.4 cm³/mol. The summed E-state index contributed by atoms with van der Waals surface area (Å²) in [6.07, 6.45) is 10.3. The number of Topliss-reactive ketones (excluding diaryl/α,β-unsaturated/α-hetero) is 1. The van der Waals surface area contributed by atoms with E-state index in [1.54, 1.807) is 0 Å². The van der Waals surface area contributed by atoms with Crippen LogP contribution < -0.4 is 0 Å². The Kier molecular flexibility index (Phi) is 3.34. The lowest BCUT2D eigenvalue weighted by molar-refractivity contribution is -0.246. The van der Waals surface area contributed by atoms with E-state index in [4.69, 9.17) is 9.47 Å². The molecule has 0 aromatic carbocycles. The van der Waals surface area contributed by atoms with E-state index >= 15 is 0 Å². The molecule has 1 spiro atoms. The maximum absolute atomic E-state index is 12.0. The lowest BCUT2D eigenvalue weighted by Gasteiger charge is -2.60. The molecule has 0 amide bonds. The molecule has 134 valence electrons. The number of carbonyl (C=O) groups excluding carboxylic acids is 1. The van der Waals surface area contributed by atoms with Crippen LogP contribution in [-0.4, -0.2) is 24.8 Å². The summed E-state index contributed by atoms with van der Waals surface area (Å²) in [6.45, 7) is 6.54. The minimum atomic E-state index is -0.275. The molecule has 0 N–H and O–H groups in total. The Labute approximate surface area is 145 Å². The molecular weight excluding hydrogens is 300 g/mol. The van der Waals surface area contributed by atoms with Gasteiger partial charge in [0.25, 0.3) is 0 Å². The van der Waals surface area contributed by atoms with Crippen molar-refractivity contribution in [3.8, 4) is 0 Å². The second kappa shape index (κ2) is 5.07. The number of ketones is 1. The summed E-state index contributed by atoms with van der Waals surface area (Å²) in [5, 5.41) is 0. The molecule has 24 heavy (non-hydrogen) atoms. The van der Waals surface area contributed by atoms with Crippen LogP contribution in [0.15, 0.2) is 0 Å². The molecule has 5 fully saturated rings. The third-order valence-corrected chi connectivity index (χ3v) is 9.28. The number of hydrogen-bond acceptors (Lipinski definition) is 3. The van der Waals surface area contributed by atoms with Crippen LogP contribution in [0.2, 0.25) is 0 Å². The van der Waals surface area contributed by atoms with Crippen LogP contribution in [0.25, 0.3) is 0 Å². The van der Waals surface area contributed by atoms with E-state index in [1.807, 2.05) is 0 Å². The molecule has 1 saturated heterocycles. The predicted octanol–water partition coefficient (Wildman–Crippen LogP) is 4.34. The van der Waals surface area contributed by atoms with Gasteiger partial charge in [-0.25, -0.2) is 0 Å². The molecule has 6 atom stereocenters. The average molecular weight is 332 g/mol. The number of ether oxygens (including phenoxy) is 2. The van der Waals surface area contributed by atoms with Gasteiger partial charge in [-0.2, -0.15) is 0 Å². The highest BCUT2D eigenvalue weighted by atomic mass is 16.7. The van der Waals surface area contributed by atoms with Crippen molar-refractivity contribution in [1.29, 1.82) is 0 Å². The molecule has 3 nitrogen and oxygen atoms in total. The van der Waals surface area contributed by atoms with E-state index in [0.717, 1.165) is 56.7 Å². The van der Waals surface area contributed by atoms with Crippen LogP contribution >= 0.6 is 0 Å². The van der Waals surface area contributed by atoms with Gasteiger partial charge in [-0.3, -0.25) is 4.79 Å². The number of rotatable bonds is 0. The van der Waals surface area contributed by atoms with Crippen LogP contribution in [0.1, 0.15) is 71.6 Å². The zero-order valence-corrected chi connectivity index (χ0v) is 15.3. The summed E-state index contributed by atoms with van der Waals surface area (Å²) in [7, 11) is 0. The number of fused-ring (bicyclic) bond motifs is 6. The topological polar surface area (TPSA) is 35.5 Å². The van der Waals surface area contributed by atoms with E-state index in [0.29, 0.717) is 17.1 Å². The van der Waals surface area contributed by atoms with Crippen molar-refractivity contribution in [2.75, 3.05) is 13.2 Å².